The van der Waals surface area contributed by atoms with Crippen LogP contribution >= 0.6 is 0 Å². The number of oxazole rings is 1. The van der Waals surface area contributed by atoms with Crippen LogP contribution in [0.3, 0.4) is 0 Å². The first-order valence-electron chi connectivity index (χ1n) is 7.20. The van der Waals surface area contributed by atoms with Gasteiger partial charge < -0.3 is 15.5 Å². The van der Waals surface area contributed by atoms with Gasteiger partial charge in [0.25, 0.3) is 0 Å². The minimum absolute atomic E-state index is 0.0316. The summed E-state index contributed by atoms with van der Waals surface area (Å²) in [4.78, 5) is 16.0. The molecule has 1 aromatic carbocycles. The monoisotopic (exact) mass is 285 g/mol. The summed E-state index contributed by atoms with van der Waals surface area (Å²) in [6, 6.07) is 7.54. The largest absolute Gasteiger partial charge is 0.444 e. The van der Waals surface area contributed by atoms with Gasteiger partial charge in [-0.3, -0.25) is 4.79 Å². The number of nitrogens with two attached hydrogens (primary N) is 1. The maximum absolute atomic E-state index is 12.1. The van der Waals surface area contributed by atoms with E-state index >= 15 is 0 Å². The molecule has 1 aliphatic carbocycles. The number of anilines is 1. The number of hydrogen-bond acceptors (Lipinski definition) is 4. The maximum Gasteiger partial charge on any atom is 0.224 e. The molecule has 0 unspecified atom stereocenters. The molecular weight excluding hydrogens is 266 g/mol. The van der Waals surface area contributed by atoms with E-state index in [9.17, 15) is 4.79 Å². The molecule has 110 valence electrons. The van der Waals surface area contributed by atoms with Crippen molar-refractivity contribution in [2.45, 2.75) is 25.7 Å². The predicted molar refractivity (Wildman–Crippen MR) is 80.5 cm³/mol. The summed E-state index contributed by atoms with van der Waals surface area (Å²) in [5.41, 5.74) is 7.54. The number of hydrogen-bond donors (Lipinski definition) is 2. The van der Waals surface area contributed by atoms with Crippen LogP contribution in [0.2, 0.25) is 0 Å². The lowest BCUT2D eigenvalue weighted by Gasteiger charge is -2.40. The molecule has 0 radical (unpaired) electrons. The molecule has 1 aliphatic rings. The van der Waals surface area contributed by atoms with Gasteiger partial charge in [0, 0.05) is 17.7 Å². The average molecular weight is 285 g/mol. The fourth-order valence-electron chi connectivity index (χ4n) is 2.75. The Morgan fingerprint density at radius 2 is 2.10 bits per heavy atom. The third-order valence-corrected chi connectivity index (χ3v) is 4.27. The number of carbonyl (C=O) groups is 1. The Morgan fingerprint density at radius 1 is 1.33 bits per heavy atom. The highest BCUT2D eigenvalue weighted by molar-refractivity contribution is 5.91. The molecular formula is C16H19N3O2. The van der Waals surface area contributed by atoms with Crippen LogP contribution in [0.4, 0.5) is 5.69 Å². The Morgan fingerprint density at radius 3 is 2.62 bits per heavy atom. The first kappa shape index (κ1) is 13.8. The molecule has 0 aliphatic heterocycles. The van der Waals surface area contributed by atoms with E-state index in [-0.39, 0.29) is 11.3 Å². The second kappa shape index (κ2) is 5.69. The van der Waals surface area contributed by atoms with Gasteiger partial charge in [0.15, 0.2) is 12.2 Å². The maximum atomic E-state index is 12.1. The zero-order valence-corrected chi connectivity index (χ0v) is 11.8. The molecule has 21 heavy (non-hydrogen) atoms. The lowest BCUT2D eigenvalue weighted by Crippen LogP contribution is -2.40. The molecule has 1 fully saturated rings. The molecule has 1 aromatic heterocycles. The summed E-state index contributed by atoms with van der Waals surface area (Å²) in [6.07, 6.45) is 6.86. The highest BCUT2D eigenvalue weighted by Crippen LogP contribution is 2.43. The predicted octanol–water partition coefficient (Wildman–Crippen LogP) is 2.80. The number of rotatable bonds is 5. The van der Waals surface area contributed by atoms with Crippen molar-refractivity contribution in [3.63, 3.8) is 0 Å². The van der Waals surface area contributed by atoms with Crippen molar-refractivity contribution in [3.8, 4) is 11.3 Å². The van der Waals surface area contributed by atoms with Gasteiger partial charge in [0.05, 0.1) is 6.20 Å². The Kier molecular flexibility index (Phi) is 3.75. The van der Waals surface area contributed by atoms with Crippen molar-refractivity contribution < 1.29 is 9.21 Å². The molecule has 0 spiro atoms. The summed E-state index contributed by atoms with van der Waals surface area (Å²) in [7, 11) is 0. The third-order valence-electron chi connectivity index (χ3n) is 4.27. The summed E-state index contributed by atoms with van der Waals surface area (Å²) in [5, 5.41) is 2.93. The van der Waals surface area contributed by atoms with Crippen molar-refractivity contribution in [2.75, 3.05) is 11.9 Å². The molecule has 0 bridgehead atoms. The Bertz CT molecular complexity index is 595. The molecule has 2 aromatic rings. The zero-order valence-electron chi connectivity index (χ0n) is 11.8. The van der Waals surface area contributed by atoms with Gasteiger partial charge in [-0.2, -0.15) is 0 Å². The smallest absolute Gasteiger partial charge is 0.224 e. The number of amides is 1. The van der Waals surface area contributed by atoms with E-state index in [0.29, 0.717) is 18.7 Å². The SMILES string of the molecule is NCC1(CC(=O)Nc2ccc(-c3cnco3)cc2)CCC1. The van der Waals surface area contributed by atoms with Crippen LogP contribution in [0.5, 0.6) is 0 Å². The topological polar surface area (TPSA) is 81.2 Å². The van der Waals surface area contributed by atoms with Crippen LogP contribution < -0.4 is 11.1 Å². The minimum atomic E-state index is 0.0316. The normalized spacial score (nSPS) is 16.2. The Hall–Kier alpha value is -2.14. The molecule has 5 heteroatoms. The fourth-order valence-corrected chi connectivity index (χ4v) is 2.75. The molecule has 1 amide bonds. The average Bonchev–Trinajstić information content (AvgIpc) is 2.98. The summed E-state index contributed by atoms with van der Waals surface area (Å²) in [5.74, 6) is 0.747. The van der Waals surface area contributed by atoms with E-state index in [1.54, 1.807) is 6.20 Å². The lowest BCUT2D eigenvalue weighted by molar-refractivity contribution is -0.119. The number of carbonyl (C=O) groups excluding carboxylic acids is 1. The first-order chi connectivity index (χ1) is 10.2. The van der Waals surface area contributed by atoms with Gasteiger partial charge >= 0.3 is 0 Å². The Labute approximate surface area is 123 Å². The minimum Gasteiger partial charge on any atom is -0.444 e. The number of aromatic nitrogens is 1. The molecule has 1 saturated carbocycles. The van der Waals surface area contributed by atoms with Crippen LogP contribution in [0.15, 0.2) is 41.3 Å². The molecule has 5 nitrogen and oxygen atoms in total. The molecule has 3 rings (SSSR count). The second-order valence-corrected chi connectivity index (χ2v) is 5.73. The van der Waals surface area contributed by atoms with Crippen molar-refractivity contribution in [3.05, 3.63) is 36.9 Å². The van der Waals surface area contributed by atoms with Crippen molar-refractivity contribution in [1.82, 2.24) is 4.98 Å². The van der Waals surface area contributed by atoms with Crippen molar-refractivity contribution >= 4 is 11.6 Å². The highest BCUT2D eigenvalue weighted by atomic mass is 16.3. The van der Waals surface area contributed by atoms with Gasteiger partial charge in [0.2, 0.25) is 5.91 Å². The lowest BCUT2D eigenvalue weighted by atomic mass is 9.66. The van der Waals surface area contributed by atoms with Crippen LogP contribution in [-0.4, -0.2) is 17.4 Å². The fraction of sp³-hybridized carbons (Fsp3) is 0.375. The standard InChI is InChI=1S/C16H19N3O2/c17-10-16(6-1-7-16)8-15(20)19-13-4-2-12(3-5-13)14-9-18-11-21-14/h2-5,9,11H,1,6-8,10,17H2,(H,19,20). The van der Waals surface area contributed by atoms with E-state index in [1.807, 2.05) is 24.3 Å². The molecule has 3 N–H and O–H groups in total. The van der Waals surface area contributed by atoms with Gasteiger partial charge in [-0.25, -0.2) is 4.98 Å². The van der Waals surface area contributed by atoms with Crippen LogP contribution in [0, 0.1) is 5.41 Å². The van der Waals surface area contributed by atoms with Gasteiger partial charge in [-0.15, -0.1) is 0 Å². The zero-order chi connectivity index (χ0) is 14.7. The molecule has 0 saturated heterocycles. The Balaban J connectivity index is 1.61. The van der Waals surface area contributed by atoms with E-state index in [1.165, 1.54) is 12.8 Å². The summed E-state index contributed by atoms with van der Waals surface area (Å²) < 4.78 is 5.23. The third kappa shape index (κ3) is 2.97. The number of benzene rings is 1. The van der Waals surface area contributed by atoms with Crippen LogP contribution in [0.25, 0.3) is 11.3 Å². The van der Waals surface area contributed by atoms with Crippen molar-refractivity contribution in [1.29, 1.82) is 0 Å². The van der Waals surface area contributed by atoms with Crippen molar-refractivity contribution in [2.24, 2.45) is 11.1 Å². The van der Waals surface area contributed by atoms with E-state index < -0.39 is 0 Å². The van der Waals surface area contributed by atoms with Gasteiger partial charge in [0.1, 0.15) is 0 Å². The quantitative estimate of drug-likeness (QED) is 0.885. The first-order valence-corrected chi connectivity index (χ1v) is 7.20. The van der Waals surface area contributed by atoms with E-state index in [2.05, 4.69) is 10.3 Å². The van der Waals surface area contributed by atoms with E-state index in [0.717, 1.165) is 24.1 Å². The second-order valence-electron chi connectivity index (χ2n) is 5.73. The molecule has 1 heterocycles. The highest BCUT2D eigenvalue weighted by Gasteiger charge is 2.37. The van der Waals surface area contributed by atoms with Gasteiger partial charge in [-0.05, 0) is 49.1 Å². The van der Waals surface area contributed by atoms with Gasteiger partial charge in [-0.1, -0.05) is 6.42 Å². The summed E-state index contributed by atoms with van der Waals surface area (Å²) in [6.45, 7) is 0.588. The van der Waals surface area contributed by atoms with Crippen LogP contribution in [-0.2, 0) is 4.79 Å². The number of nitrogens with zero attached hydrogens (tertiary/aromatic N) is 1. The number of nitrogens with one attached hydrogen (secondary N) is 1. The van der Waals surface area contributed by atoms with Crippen LogP contribution in [0.1, 0.15) is 25.7 Å². The van der Waals surface area contributed by atoms with E-state index in [4.69, 9.17) is 10.2 Å². The summed E-state index contributed by atoms with van der Waals surface area (Å²) >= 11 is 0. The molecule has 0 atom stereocenters.